The second kappa shape index (κ2) is 8.12. The van der Waals surface area contributed by atoms with Crippen LogP contribution in [0.4, 0.5) is 18.9 Å². The number of amides is 2. The first-order chi connectivity index (χ1) is 14.9. The van der Waals surface area contributed by atoms with Crippen molar-refractivity contribution in [1.29, 1.82) is 0 Å². The van der Waals surface area contributed by atoms with E-state index in [1.807, 2.05) is 0 Å². The quantitative estimate of drug-likeness (QED) is 0.541. The number of nitrogens with one attached hydrogen (secondary N) is 3. The normalized spacial score (nSPS) is 31.3. The first-order valence-electron chi connectivity index (χ1n) is 11.0. The number of carbonyl (C=O) groups excluding carboxylic acids is 2. The molecule has 4 saturated carbocycles. The van der Waals surface area contributed by atoms with Gasteiger partial charge < -0.3 is 16.0 Å². The zero-order valence-corrected chi connectivity index (χ0v) is 18.9. The molecule has 2 amide bonds. The lowest BCUT2D eigenvalue weighted by Crippen LogP contribution is -2.68. The molecule has 1 aromatic carbocycles. The maximum Gasteiger partial charge on any atom is 0.416 e. The topological polar surface area (TPSA) is 70.2 Å². The van der Waals surface area contributed by atoms with Crippen LogP contribution in [-0.4, -0.2) is 34.8 Å². The Balaban J connectivity index is 1.44. The number of carbonyl (C=O) groups is 2. The molecule has 0 aromatic heterocycles. The van der Waals surface area contributed by atoms with Gasteiger partial charge in [-0.15, -0.1) is 11.6 Å². The molecule has 5 nitrogen and oxygen atoms in total. The van der Waals surface area contributed by atoms with Crippen molar-refractivity contribution in [2.75, 3.05) is 11.2 Å². The van der Waals surface area contributed by atoms with E-state index in [9.17, 15) is 22.8 Å². The third kappa shape index (κ3) is 4.56. The summed E-state index contributed by atoms with van der Waals surface area (Å²) in [6.07, 6.45) is 0.179. The average Bonchev–Trinajstić information content (AvgIpc) is 2.68. The minimum Gasteiger partial charge on any atom is -0.372 e. The van der Waals surface area contributed by atoms with E-state index in [1.54, 1.807) is 13.8 Å². The van der Waals surface area contributed by atoms with Crippen LogP contribution in [0.25, 0.3) is 0 Å². The number of halogens is 4. The highest BCUT2D eigenvalue weighted by Gasteiger charge is 2.56. The Morgan fingerprint density at radius 3 is 2.38 bits per heavy atom. The lowest BCUT2D eigenvalue weighted by atomic mass is 9.51. The minimum atomic E-state index is -4.45. The van der Waals surface area contributed by atoms with Gasteiger partial charge in [0.1, 0.15) is 11.4 Å². The van der Waals surface area contributed by atoms with E-state index in [0.717, 1.165) is 44.2 Å². The summed E-state index contributed by atoms with van der Waals surface area (Å²) in [7, 11) is 0. The van der Waals surface area contributed by atoms with Crippen molar-refractivity contribution in [2.24, 2.45) is 17.8 Å². The van der Waals surface area contributed by atoms with Crippen LogP contribution in [0.15, 0.2) is 24.3 Å². The molecule has 0 heterocycles. The molecule has 32 heavy (non-hydrogen) atoms. The van der Waals surface area contributed by atoms with Crippen LogP contribution in [0, 0.1) is 17.8 Å². The predicted molar refractivity (Wildman–Crippen MR) is 116 cm³/mol. The standard InChI is InChI=1S/C23H29ClF3N3O2/c1-21(2,29-17-5-3-4-16(8-17)23(25,26)27)20(32)28-19-14-6-13-7-15(19)11-22(9-13,10-14)30-18(31)12-24/h3-5,8,13-15,19,29H,6-7,9-12H2,1-2H3,(H,28,32)(H,30,31)/t13?,14-,15+,19?,22?. The van der Waals surface area contributed by atoms with Crippen molar-refractivity contribution in [3.63, 3.8) is 0 Å². The number of benzene rings is 1. The summed E-state index contributed by atoms with van der Waals surface area (Å²) in [6.45, 7) is 3.34. The molecule has 9 heteroatoms. The zero-order chi connectivity index (χ0) is 23.3. The Morgan fingerprint density at radius 2 is 1.78 bits per heavy atom. The predicted octanol–water partition coefficient (Wildman–Crippen LogP) is 4.31. The smallest absolute Gasteiger partial charge is 0.372 e. The second-order valence-electron chi connectivity index (χ2n) is 10.3. The summed E-state index contributed by atoms with van der Waals surface area (Å²) >= 11 is 5.70. The maximum atomic E-state index is 13.2. The molecule has 3 N–H and O–H groups in total. The third-order valence-corrected chi connectivity index (χ3v) is 7.55. The summed E-state index contributed by atoms with van der Waals surface area (Å²) in [4.78, 5) is 25.1. The number of anilines is 1. The van der Waals surface area contributed by atoms with E-state index in [2.05, 4.69) is 16.0 Å². The van der Waals surface area contributed by atoms with Crippen molar-refractivity contribution < 1.29 is 22.8 Å². The highest BCUT2D eigenvalue weighted by molar-refractivity contribution is 6.27. The SMILES string of the molecule is CC(C)(Nc1cccc(C(F)(F)F)c1)C(=O)NC1[C@@H]2CC3C[C@H]1CC(NC(=O)CCl)(C3)C2. The average molecular weight is 472 g/mol. The first kappa shape index (κ1) is 23.2. The molecule has 176 valence electrons. The van der Waals surface area contributed by atoms with Crippen LogP contribution in [0.3, 0.4) is 0 Å². The molecule has 4 bridgehead atoms. The summed E-state index contributed by atoms with van der Waals surface area (Å²) in [5.41, 5.74) is -1.84. The Labute approximate surface area is 190 Å². The van der Waals surface area contributed by atoms with Crippen LogP contribution in [-0.2, 0) is 15.8 Å². The molecule has 0 aliphatic heterocycles. The maximum absolute atomic E-state index is 13.2. The number of hydrogen-bond donors (Lipinski definition) is 3. The number of rotatable bonds is 6. The second-order valence-corrected chi connectivity index (χ2v) is 10.5. The fraction of sp³-hybridized carbons (Fsp3) is 0.652. The molecule has 4 aliphatic carbocycles. The highest BCUT2D eigenvalue weighted by Crippen LogP contribution is 2.55. The van der Waals surface area contributed by atoms with E-state index < -0.39 is 17.3 Å². The third-order valence-electron chi connectivity index (χ3n) is 7.31. The number of alkyl halides is 4. The van der Waals surface area contributed by atoms with Crippen LogP contribution >= 0.6 is 11.6 Å². The van der Waals surface area contributed by atoms with E-state index in [-0.39, 0.29) is 46.8 Å². The fourth-order valence-corrected chi connectivity index (χ4v) is 6.33. The largest absolute Gasteiger partial charge is 0.416 e. The number of hydrogen-bond acceptors (Lipinski definition) is 3. The molecular weight excluding hydrogens is 443 g/mol. The van der Waals surface area contributed by atoms with Crippen molar-refractivity contribution in [2.45, 2.75) is 69.2 Å². The van der Waals surface area contributed by atoms with Gasteiger partial charge in [-0.3, -0.25) is 9.59 Å². The molecule has 0 saturated heterocycles. The molecule has 5 rings (SSSR count). The van der Waals surface area contributed by atoms with E-state index in [4.69, 9.17) is 11.6 Å². The minimum absolute atomic E-state index is 0.00247. The molecule has 0 radical (unpaired) electrons. The van der Waals surface area contributed by atoms with Crippen LogP contribution in [0.2, 0.25) is 0 Å². The van der Waals surface area contributed by atoms with Crippen LogP contribution < -0.4 is 16.0 Å². The Kier molecular flexibility index (Phi) is 5.89. The van der Waals surface area contributed by atoms with Crippen molar-refractivity contribution in [1.82, 2.24) is 10.6 Å². The summed E-state index contributed by atoms with van der Waals surface area (Å²) in [6, 6.07) is 4.87. The van der Waals surface area contributed by atoms with Gasteiger partial charge in [-0.2, -0.15) is 13.2 Å². The van der Waals surface area contributed by atoms with Crippen molar-refractivity contribution >= 4 is 29.1 Å². The van der Waals surface area contributed by atoms with Gasteiger partial charge in [0.05, 0.1) is 5.56 Å². The van der Waals surface area contributed by atoms with Crippen molar-refractivity contribution in [3.8, 4) is 0 Å². The lowest BCUT2D eigenvalue weighted by molar-refractivity contribution is -0.137. The van der Waals surface area contributed by atoms with Gasteiger partial charge in [-0.05, 0) is 81.9 Å². The highest BCUT2D eigenvalue weighted by atomic mass is 35.5. The summed E-state index contributed by atoms with van der Waals surface area (Å²) < 4.78 is 39.1. The van der Waals surface area contributed by atoms with Gasteiger partial charge in [0.25, 0.3) is 0 Å². The fourth-order valence-electron chi connectivity index (χ4n) is 6.26. The molecule has 3 unspecified atom stereocenters. The zero-order valence-electron chi connectivity index (χ0n) is 18.2. The Hall–Kier alpha value is -1.96. The van der Waals surface area contributed by atoms with E-state index in [0.29, 0.717) is 5.92 Å². The summed E-state index contributed by atoms with van der Waals surface area (Å²) in [5, 5.41) is 9.29. The molecular formula is C23H29ClF3N3O2. The van der Waals surface area contributed by atoms with Gasteiger partial charge in [0.15, 0.2) is 0 Å². The summed E-state index contributed by atoms with van der Waals surface area (Å²) in [5.74, 6) is 0.617. The molecule has 4 aliphatic rings. The molecule has 1 aromatic rings. The van der Waals surface area contributed by atoms with E-state index >= 15 is 0 Å². The van der Waals surface area contributed by atoms with Crippen molar-refractivity contribution in [3.05, 3.63) is 29.8 Å². The van der Waals surface area contributed by atoms with Gasteiger partial charge in [-0.1, -0.05) is 6.07 Å². The molecule has 5 atom stereocenters. The lowest BCUT2D eigenvalue weighted by Gasteiger charge is -2.60. The van der Waals surface area contributed by atoms with Gasteiger partial charge >= 0.3 is 6.18 Å². The Bertz CT molecular complexity index is 889. The Morgan fingerprint density at radius 1 is 1.12 bits per heavy atom. The molecule has 4 fully saturated rings. The van der Waals surface area contributed by atoms with Crippen LogP contribution in [0.1, 0.15) is 51.5 Å². The van der Waals surface area contributed by atoms with E-state index in [1.165, 1.54) is 12.1 Å². The van der Waals surface area contributed by atoms with Gasteiger partial charge in [-0.25, -0.2) is 0 Å². The van der Waals surface area contributed by atoms with Gasteiger partial charge in [0.2, 0.25) is 11.8 Å². The van der Waals surface area contributed by atoms with Gasteiger partial charge in [0, 0.05) is 17.3 Å². The monoisotopic (exact) mass is 471 g/mol. The molecule has 0 spiro atoms. The first-order valence-corrected chi connectivity index (χ1v) is 11.6. The van der Waals surface area contributed by atoms with Crippen LogP contribution in [0.5, 0.6) is 0 Å².